The summed E-state index contributed by atoms with van der Waals surface area (Å²) in [5, 5.41) is 3.89. The third-order valence-electron chi connectivity index (χ3n) is 6.26. The largest absolute Gasteiger partial charge is 0.354 e. The summed E-state index contributed by atoms with van der Waals surface area (Å²) < 4.78 is 1.11. The summed E-state index contributed by atoms with van der Waals surface area (Å²) >= 11 is 1.53. The van der Waals surface area contributed by atoms with Crippen molar-refractivity contribution in [3.63, 3.8) is 0 Å². The number of fused-ring (bicyclic) bond motifs is 1. The van der Waals surface area contributed by atoms with Crippen molar-refractivity contribution in [3.05, 3.63) is 34.7 Å². The Bertz CT molecular complexity index is 946. The van der Waals surface area contributed by atoms with Crippen LogP contribution in [0, 0.1) is 5.92 Å². The van der Waals surface area contributed by atoms with Crippen LogP contribution in [0.2, 0.25) is 0 Å². The van der Waals surface area contributed by atoms with E-state index in [0.717, 1.165) is 46.3 Å². The first-order valence-electron chi connectivity index (χ1n) is 10.3. The summed E-state index contributed by atoms with van der Waals surface area (Å²) in [7, 11) is 1.66. The zero-order chi connectivity index (χ0) is 20.5. The summed E-state index contributed by atoms with van der Waals surface area (Å²) in [6.07, 6.45) is 2.36. The van der Waals surface area contributed by atoms with E-state index >= 15 is 0 Å². The van der Waals surface area contributed by atoms with Gasteiger partial charge in [0.15, 0.2) is 0 Å². The van der Waals surface area contributed by atoms with Gasteiger partial charge in [-0.15, -0.1) is 11.3 Å². The number of piperidine rings is 1. The van der Waals surface area contributed by atoms with Crippen LogP contribution in [0.15, 0.2) is 24.3 Å². The predicted octanol–water partition coefficient (Wildman–Crippen LogP) is 2.84. The summed E-state index contributed by atoms with van der Waals surface area (Å²) in [5.41, 5.74) is 1.09. The molecule has 0 saturated carbocycles. The quantitative estimate of drug-likeness (QED) is 0.841. The molecule has 0 radical (unpaired) electrons. The molecule has 7 heteroatoms. The van der Waals surface area contributed by atoms with Crippen LogP contribution in [0.25, 0.3) is 10.1 Å². The second-order valence-electron chi connectivity index (χ2n) is 7.97. The Kier molecular flexibility index (Phi) is 5.58. The number of amides is 3. The Balaban J connectivity index is 1.51. The molecule has 0 bridgehead atoms. The third kappa shape index (κ3) is 3.75. The predicted molar refractivity (Wildman–Crippen MR) is 114 cm³/mol. The zero-order valence-electron chi connectivity index (χ0n) is 16.9. The molecule has 0 aliphatic carbocycles. The van der Waals surface area contributed by atoms with Crippen molar-refractivity contribution in [1.82, 2.24) is 15.1 Å². The monoisotopic (exact) mass is 413 g/mol. The smallest absolute Gasteiger partial charge is 0.261 e. The molecule has 1 aromatic heterocycles. The van der Waals surface area contributed by atoms with Crippen molar-refractivity contribution < 1.29 is 14.4 Å². The summed E-state index contributed by atoms with van der Waals surface area (Å²) in [6.45, 7) is 4.31. The highest BCUT2D eigenvalue weighted by Gasteiger charge is 2.36. The minimum Gasteiger partial charge on any atom is -0.354 e. The fraction of sp³-hybridized carbons (Fsp3) is 0.500. The Hall–Kier alpha value is -2.41. The average molecular weight is 414 g/mol. The zero-order valence-corrected chi connectivity index (χ0v) is 17.8. The lowest BCUT2D eigenvalue weighted by Gasteiger charge is -2.32. The standard InChI is InChI=1S/C22H27N3O3S/c1-14(26)24-10-7-15(8-11-24)22(28)25-12-9-16(13-25)19-17-5-3-4-6-18(17)29-20(19)21(27)23-2/h3-6,15-16H,7-13H2,1-2H3,(H,23,27)/t16-/m0/s1. The molecule has 3 heterocycles. The van der Waals surface area contributed by atoms with E-state index in [1.165, 1.54) is 11.3 Å². The number of hydrogen-bond donors (Lipinski definition) is 1. The van der Waals surface area contributed by atoms with E-state index in [4.69, 9.17) is 0 Å². The van der Waals surface area contributed by atoms with Crippen LogP contribution in [0.4, 0.5) is 0 Å². The van der Waals surface area contributed by atoms with E-state index in [1.807, 2.05) is 21.9 Å². The van der Waals surface area contributed by atoms with Crippen LogP contribution in [-0.4, -0.2) is 60.7 Å². The van der Waals surface area contributed by atoms with Gasteiger partial charge in [0, 0.05) is 56.7 Å². The van der Waals surface area contributed by atoms with Crippen molar-refractivity contribution in [2.75, 3.05) is 33.2 Å². The fourth-order valence-corrected chi connectivity index (χ4v) is 5.88. The van der Waals surface area contributed by atoms with Gasteiger partial charge in [0.1, 0.15) is 0 Å². The third-order valence-corrected chi connectivity index (χ3v) is 7.45. The second-order valence-corrected chi connectivity index (χ2v) is 9.02. The summed E-state index contributed by atoms with van der Waals surface area (Å²) in [6, 6.07) is 8.13. The van der Waals surface area contributed by atoms with Gasteiger partial charge >= 0.3 is 0 Å². The average Bonchev–Trinajstić information content (AvgIpc) is 3.37. The molecule has 2 fully saturated rings. The van der Waals surface area contributed by atoms with Crippen LogP contribution in [-0.2, 0) is 9.59 Å². The summed E-state index contributed by atoms with van der Waals surface area (Å²) in [4.78, 5) is 41.7. The van der Waals surface area contributed by atoms with E-state index in [9.17, 15) is 14.4 Å². The van der Waals surface area contributed by atoms with Gasteiger partial charge in [0.25, 0.3) is 5.91 Å². The first-order valence-corrected chi connectivity index (χ1v) is 11.1. The van der Waals surface area contributed by atoms with Crippen molar-refractivity contribution in [3.8, 4) is 0 Å². The van der Waals surface area contributed by atoms with E-state index < -0.39 is 0 Å². The highest BCUT2D eigenvalue weighted by atomic mass is 32.1. The highest BCUT2D eigenvalue weighted by molar-refractivity contribution is 7.21. The highest BCUT2D eigenvalue weighted by Crippen LogP contribution is 2.40. The molecule has 2 aromatic rings. The number of carbonyl (C=O) groups is 3. The molecule has 154 valence electrons. The van der Waals surface area contributed by atoms with E-state index in [2.05, 4.69) is 17.4 Å². The summed E-state index contributed by atoms with van der Waals surface area (Å²) in [5.74, 6) is 0.421. The van der Waals surface area contributed by atoms with E-state index in [-0.39, 0.29) is 29.6 Å². The topological polar surface area (TPSA) is 69.7 Å². The molecule has 29 heavy (non-hydrogen) atoms. The number of nitrogens with one attached hydrogen (secondary N) is 1. The maximum atomic E-state index is 13.1. The molecule has 2 aliphatic heterocycles. The van der Waals surface area contributed by atoms with Gasteiger partial charge in [-0.2, -0.15) is 0 Å². The molecule has 3 amide bonds. The van der Waals surface area contributed by atoms with E-state index in [1.54, 1.807) is 14.0 Å². The van der Waals surface area contributed by atoms with Crippen LogP contribution in [0.1, 0.15) is 47.3 Å². The molecule has 1 atom stereocenters. The van der Waals surface area contributed by atoms with E-state index in [0.29, 0.717) is 19.6 Å². The second kappa shape index (κ2) is 8.14. The molecular formula is C22H27N3O3S. The van der Waals surface area contributed by atoms with Crippen molar-refractivity contribution in [2.24, 2.45) is 5.92 Å². The van der Waals surface area contributed by atoms with Crippen molar-refractivity contribution in [1.29, 1.82) is 0 Å². The number of benzene rings is 1. The lowest BCUT2D eigenvalue weighted by atomic mass is 9.94. The lowest BCUT2D eigenvalue weighted by Crippen LogP contribution is -2.43. The number of rotatable bonds is 3. The van der Waals surface area contributed by atoms with Crippen molar-refractivity contribution in [2.45, 2.75) is 32.1 Å². The maximum Gasteiger partial charge on any atom is 0.261 e. The molecule has 0 unspecified atom stereocenters. The number of thiophene rings is 1. The molecule has 2 aliphatic rings. The number of hydrogen-bond acceptors (Lipinski definition) is 4. The first-order chi connectivity index (χ1) is 14.0. The minimum absolute atomic E-state index is 0.00183. The van der Waals surface area contributed by atoms with Gasteiger partial charge in [-0.05, 0) is 36.3 Å². The fourth-order valence-electron chi connectivity index (χ4n) is 4.65. The number of nitrogens with zero attached hydrogens (tertiary/aromatic N) is 2. The maximum absolute atomic E-state index is 13.1. The van der Waals surface area contributed by atoms with Gasteiger partial charge in [-0.25, -0.2) is 0 Å². The van der Waals surface area contributed by atoms with Crippen molar-refractivity contribution >= 4 is 39.1 Å². The normalized spacial score (nSPS) is 20.3. The Morgan fingerprint density at radius 1 is 1.03 bits per heavy atom. The van der Waals surface area contributed by atoms with Gasteiger partial charge in [-0.3, -0.25) is 14.4 Å². The number of likely N-dealkylation sites (tertiary alicyclic amines) is 2. The van der Waals surface area contributed by atoms with Gasteiger partial charge in [-0.1, -0.05) is 18.2 Å². The number of carbonyl (C=O) groups excluding carboxylic acids is 3. The van der Waals surface area contributed by atoms with Gasteiger partial charge < -0.3 is 15.1 Å². The van der Waals surface area contributed by atoms with Crippen LogP contribution in [0.5, 0.6) is 0 Å². The lowest BCUT2D eigenvalue weighted by molar-refractivity contribution is -0.139. The van der Waals surface area contributed by atoms with Gasteiger partial charge in [0.2, 0.25) is 11.8 Å². The Morgan fingerprint density at radius 3 is 2.41 bits per heavy atom. The minimum atomic E-state index is -0.0532. The molecule has 1 N–H and O–H groups in total. The van der Waals surface area contributed by atoms with Crippen LogP contribution < -0.4 is 5.32 Å². The molecule has 6 nitrogen and oxygen atoms in total. The van der Waals surface area contributed by atoms with Crippen LogP contribution >= 0.6 is 11.3 Å². The molecule has 2 saturated heterocycles. The Morgan fingerprint density at radius 2 is 1.72 bits per heavy atom. The molecule has 0 spiro atoms. The van der Waals surface area contributed by atoms with Gasteiger partial charge in [0.05, 0.1) is 4.88 Å². The Labute approximate surface area is 174 Å². The van der Waals surface area contributed by atoms with Crippen LogP contribution in [0.3, 0.4) is 0 Å². The molecule has 1 aromatic carbocycles. The first kappa shape index (κ1) is 19.9. The molecule has 4 rings (SSSR count). The molecular weight excluding hydrogens is 386 g/mol. The SMILES string of the molecule is CNC(=O)c1sc2ccccc2c1[C@H]1CCN(C(=O)C2CCN(C(C)=O)CC2)C1.